The number of fused-ring (bicyclic) bond motifs is 8. The Kier molecular flexibility index (Phi) is 7.17. The Morgan fingerprint density at radius 3 is 1.55 bits per heavy atom. The summed E-state index contributed by atoms with van der Waals surface area (Å²) >= 11 is 0. The van der Waals surface area contributed by atoms with Gasteiger partial charge in [-0.3, -0.25) is 0 Å². The Balaban J connectivity index is 1.08. The molecule has 0 aliphatic heterocycles. The molecule has 0 N–H and O–H groups in total. The molecule has 0 fully saturated rings. The van der Waals surface area contributed by atoms with E-state index in [2.05, 4.69) is 187 Å². The smallest absolute Gasteiger partial charge is 0.136 e. The van der Waals surface area contributed by atoms with E-state index in [0.29, 0.717) is 0 Å². The van der Waals surface area contributed by atoms with Gasteiger partial charge in [-0.05, 0) is 99.3 Å². The third-order valence-corrected chi connectivity index (χ3v) is 10.9. The van der Waals surface area contributed by atoms with Gasteiger partial charge in [-0.25, -0.2) is 0 Å². The quantitative estimate of drug-likeness (QED) is 0.173. The molecule has 11 aromatic rings. The van der Waals surface area contributed by atoms with Crippen molar-refractivity contribution in [2.45, 2.75) is 0 Å². The SMILES string of the molecule is c1ccc(-c2ccc(N(c3ccc(-c4ccc5c(c4)oc4ccccc45)cc3)c3ccccc3-c3cc4oc5ccccc5c4c4ccccc34)cc2)cc1. The van der Waals surface area contributed by atoms with Crippen LogP contribution in [0.4, 0.5) is 17.1 Å². The van der Waals surface area contributed by atoms with Crippen molar-refractivity contribution in [1.29, 1.82) is 0 Å². The second kappa shape index (κ2) is 12.6. The summed E-state index contributed by atoms with van der Waals surface area (Å²) < 4.78 is 12.8. The van der Waals surface area contributed by atoms with Crippen molar-refractivity contribution >= 4 is 71.7 Å². The zero-order valence-electron chi connectivity index (χ0n) is 29.8. The van der Waals surface area contributed by atoms with Gasteiger partial charge in [0.1, 0.15) is 22.3 Å². The molecule has 0 spiro atoms. The molecule has 0 saturated heterocycles. The van der Waals surface area contributed by atoms with E-state index in [9.17, 15) is 0 Å². The fraction of sp³-hybridized carbons (Fsp3) is 0. The minimum Gasteiger partial charge on any atom is -0.456 e. The third kappa shape index (κ3) is 5.20. The van der Waals surface area contributed by atoms with Gasteiger partial charge >= 0.3 is 0 Å². The van der Waals surface area contributed by atoms with Crippen molar-refractivity contribution < 1.29 is 8.83 Å². The van der Waals surface area contributed by atoms with Crippen molar-refractivity contribution in [3.63, 3.8) is 0 Å². The summed E-state index contributed by atoms with van der Waals surface area (Å²) in [5.74, 6) is 0. The molecule has 258 valence electrons. The molecule has 3 heteroatoms. The summed E-state index contributed by atoms with van der Waals surface area (Å²) in [6.45, 7) is 0. The van der Waals surface area contributed by atoms with E-state index in [1.165, 1.54) is 21.9 Å². The van der Waals surface area contributed by atoms with Crippen LogP contribution < -0.4 is 4.90 Å². The Hall–Kier alpha value is -7.36. The van der Waals surface area contributed by atoms with Crippen molar-refractivity contribution in [3.05, 3.63) is 200 Å². The van der Waals surface area contributed by atoms with E-state index in [-0.39, 0.29) is 0 Å². The lowest BCUT2D eigenvalue weighted by atomic mass is 9.93. The summed E-state index contributed by atoms with van der Waals surface area (Å²) in [6.07, 6.45) is 0. The van der Waals surface area contributed by atoms with Crippen molar-refractivity contribution in [2.24, 2.45) is 0 Å². The van der Waals surface area contributed by atoms with Crippen LogP contribution in [0.1, 0.15) is 0 Å². The minimum absolute atomic E-state index is 0.884. The van der Waals surface area contributed by atoms with Crippen LogP contribution in [0.5, 0.6) is 0 Å². The second-order valence-electron chi connectivity index (χ2n) is 14.1. The van der Waals surface area contributed by atoms with Crippen LogP contribution in [-0.2, 0) is 0 Å². The monoisotopic (exact) mass is 703 g/mol. The van der Waals surface area contributed by atoms with Crippen LogP contribution in [0.3, 0.4) is 0 Å². The van der Waals surface area contributed by atoms with Crippen LogP contribution in [0.25, 0.3) is 88.0 Å². The number of para-hydroxylation sites is 3. The summed E-state index contributed by atoms with van der Waals surface area (Å²) in [7, 11) is 0. The molecule has 0 atom stereocenters. The highest BCUT2D eigenvalue weighted by molar-refractivity contribution is 6.22. The fourth-order valence-corrected chi connectivity index (χ4v) is 8.28. The molecule has 0 aliphatic carbocycles. The van der Waals surface area contributed by atoms with Crippen LogP contribution in [0, 0.1) is 0 Å². The number of benzene rings is 9. The summed E-state index contributed by atoms with van der Waals surface area (Å²) in [4.78, 5) is 2.37. The van der Waals surface area contributed by atoms with Gasteiger partial charge in [-0.2, -0.15) is 0 Å². The maximum absolute atomic E-state index is 6.53. The Morgan fingerprint density at radius 1 is 0.291 bits per heavy atom. The molecule has 2 aromatic heterocycles. The van der Waals surface area contributed by atoms with E-state index in [1.807, 2.05) is 18.2 Å². The lowest BCUT2D eigenvalue weighted by Crippen LogP contribution is -2.11. The van der Waals surface area contributed by atoms with Gasteiger partial charge in [-0.15, -0.1) is 0 Å². The lowest BCUT2D eigenvalue weighted by Gasteiger charge is -2.28. The number of furan rings is 2. The molecule has 0 amide bonds. The normalized spacial score (nSPS) is 11.6. The molecule has 0 radical (unpaired) electrons. The van der Waals surface area contributed by atoms with Crippen molar-refractivity contribution in [1.82, 2.24) is 0 Å². The first-order valence-electron chi connectivity index (χ1n) is 18.7. The molecule has 11 rings (SSSR count). The number of rotatable bonds is 6. The minimum atomic E-state index is 0.884. The van der Waals surface area contributed by atoms with E-state index in [0.717, 1.165) is 83.2 Å². The maximum atomic E-state index is 6.53. The van der Waals surface area contributed by atoms with Crippen LogP contribution in [0.15, 0.2) is 209 Å². The summed E-state index contributed by atoms with van der Waals surface area (Å²) in [5, 5.41) is 6.92. The molecule has 3 nitrogen and oxygen atoms in total. The number of hydrogen-bond donors (Lipinski definition) is 0. The van der Waals surface area contributed by atoms with Gasteiger partial charge < -0.3 is 13.7 Å². The molecular weight excluding hydrogens is 671 g/mol. The molecule has 0 unspecified atom stereocenters. The molecule has 55 heavy (non-hydrogen) atoms. The number of hydrogen-bond acceptors (Lipinski definition) is 3. The maximum Gasteiger partial charge on any atom is 0.136 e. The zero-order chi connectivity index (χ0) is 36.3. The highest BCUT2D eigenvalue weighted by Gasteiger charge is 2.21. The first kappa shape index (κ1) is 31.2. The molecule has 0 saturated carbocycles. The van der Waals surface area contributed by atoms with E-state index in [1.54, 1.807) is 0 Å². The molecular formula is C52H33NO2. The largest absolute Gasteiger partial charge is 0.456 e. The summed E-state index contributed by atoms with van der Waals surface area (Å²) in [6, 6.07) is 71.0. The van der Waals surface area contributed by atoms with Gasteiger partial charge in [-0.1, -0.05) is 140 Å². The predicted octanol–water partition coefficient (Wildman–Crippen LogP) is 15.1. The Labute approximate surface area is 317 Å². The number of nitrogens with zero attached hydrogens (tertiary/aromatic N) is 1. The second-order valence-corrected chi connectivity index (χ2v) is 14.1. The number of anilines is 3. The van der Waals surface area contributed by atoms with E-state index >= 15 is 0 Å². The first-order chi connectivity index (χ1) is 27.3. The van der Waals surface area contributed by atoms with Crippen LogP contribution in [0.2, 0.25) is 0 Å². The Morgan fingerprint density at radius 2 is 0.800 bits per heavy atom. The topological polar surface area (TPSA) is 29.5 Å². The van der Waals surface area contributed by atoms with Gasteiger partial charge in [0, 0.05) is 38.5 Å². The van der Waals surface area contributed by atoms with Crippen molar-refractivity contribution in [2.75, 3.05) is 4.90 Å². The third-order valence-electron chi connectivity index (χ3n) is 10.9. The zero-order valence-corrected chi connectivity index (χ0v) is 29.8. The van der Waals surface area contributed by atoms with Gasteiger partial charge in [0.15, 0.2) is 0 Å². The van der Waals surface area contributed by atoms with Gasteiger partial charge in [0.25, 0.3) is 0 Å². The van der Waals surface area contributed by atoms with Gasteiger partial charge in [0.05, 0.1) is 5.69 Å². The predicted molar refractivity (Wildman–Crippen MR) is 229 cm³/mol. The molecule has 9 aromatic carbocycles. The molecule has 0 aliphatic rings. The fourth-order valence-electron chi connectivity index (χ4n) is 8.28. The highest BCUT2D eigenvalue weighted by Crippen LogP contribution is 2.46. The van der Waals surface area contributed by atoms with E-state index in [4.69, 9.17) is 8.83 Å². The summed E-state index contributed by atoms with van der Waals surface area (Å²) in [5.41, 5.74) is 13.6. The lowest BCUT2D eigenvalue weighted by molar-refractivity contribution is 0.669. The highest BCUT2D eigenvalue weighted by atomic mass is 16.3. The first-order valence-corrected chi connectivity index (χ1v) is 18.7. The average molecular weight is 704 g/mol. The van der Waals surface area contributed by atoms with Gasteiger partial charge in [0.2, 0.25) is 0 Å². The van der Waals surface area contributed by atoms with Crippen molar-refractivity contribution in [3.8, 4) is 33.4 Å². The molecule has 2 heterocycles. The average Bonchev–Trinajstić information content (AvgIpc) is 3.83. The molecule has 0 bridgehead atoms. The van der Waals surface area contributed by atoms with Crippen LogP contribution in [-0.4, -0.2) is 0 Å². The van der Waals surface area contributed by atoms with E-state index < -0.39 is 0 Å². The van der Waals surface area contributed by atoms with Crippen LogP contribution >= 0.6 is 0 Å². The Bertz CT molecular complexity index is 3190. The standard InChI is InChI=1S/C52H33NO2/c1-2-12-34(13-3-1)35-22-27-38(28-23-35)53(39-29-24-36(25-30-39)37-26-31-43-42-16-7-10-20-48(42)54-50(43)32-37)47-19-9-6-15-41(47)46-33-51-52(44-17-5-4-14-40(44)46)45-18-8-11-21-49(45)55-51/h1-33H.